The number of aromatic nitrogens is 1. The van der Waals surface area contributed by atoms with Gasteiger partial charge in [0.1, 0.15) is 11.6 Å². The minimum atomic E-state index is -0.856. The fourth-order valence-corrected chi connectivity index (χ4v) is 7.63. The third-order valence-corrected chi connectivity index (χ3v) is 8.82. The molecule has 0 amide bonds. The second kappa shape index (κ2) is 12.6. The molecule has 4 aromatic rings. The van der Waals surface area contributed by atoms with Crippen LogP contribution in [0.2, 0.25) is 0 Å². The molecule has 0 radical (unpaired) electrons. The fraction of sp³-hybridized carbons (Fsp3) is 0.194. The predicted octanol–water partition coefficient (Wildman–Crippen LogP) is 6.07. The molecule has 0 spiro atoms. The van der Waals surface area contributed by atoms with Crippen LogP contribution in [0, 0.1) is 13.0 Å². The lowest BCUT2D eigenvalue weighted by molar-refractivity contribution is -0.138. The van der Waals surface area contributed by atoms with E-state index in [2.05, 4.69) is 45.2 Å². The molecule has 0 unspecified atom stereocenters. The second-order valence-corrected chi connectivity index (χ2v) is 12.8. The average molecular weight is 794 g/mol. The summed E-state index contributed by atoms with van der Waals surface area (Å²) in [5.74, 6) is -0.188. The van der Waals surface area contributed by atoms with Crippen molar-refractivity contribution in [2.75, 3.05) is 6.61 Å². The quantitative estimate of drug-likeness (QED) is 0.168. The molecular formula is C31H25FI2N2O4S. The molecule has 1 aliphatic heterocycles. The first-order chi connectivity index (χ1) is 19.7. The van der Waals surface area contributed by atoms with Gasteiger partial charge in [0.15, 0.2) is 4.80 Å². The molecule has 0 bridgehead atoms. The minimum absolute atomic E-state index is 0.0328. The third-order valence-electron chi connectivity index (χ3n) is 6.23. The Balaban J connectivity index is 1.77. The lowest BCUT2D eigenvalue weighted by Crippen LogP contribution is -2.40. The Hall–Kier alpha value is -2.84. The van der Waals surface area contributed by atoms with Crippen LogP contribution in [-0.4, -0.2) is 23.2 Å². The largest absolute Gasteiger partial charge is 0.489 e. The Morgan fingerprint density at radius 3 is 2.37 bits per heavy atom. The van der Waals surface area contributed by atoms with Crippen molar-refractivity contribution in [1.29, 1.82) is 0 Å². The first-order valence-electron chi connectivity index (χ1n) is 12.9. The topological polar surface area (TPSA) is 69.9 Å². The number of hydrogen-bond acceptors (Lipinski definition) is 6. The van der Waals surface area contributed by atoms with Crippen molar-refractivity contribution in [3.05, 3.63) is 122 Å². The highest BCUT2D eigenvalue weighted by Crippen LogP contribution is 2.35. The zero-order valence-corrected chi connectivity index (χ0v) is 27.5. The van der Waals surface area contributed by atoms with Gasteiger partial charge in [0.2, 0.25) is 0 Å². The maximum atomic E-state index is 14.0. The van der Waals surface area contributed by atoms with Crippen molar-refractivity contribution < 1.29 is 18.7 Å². The summed E-state index contributed by atoms with van der Waals surface area (Å²) < 4.78 is 29.2. The maximum absolute atomic E-state index is 14.0. The number of rotatable bonds is 7. The highest BCUT2D eigenvalue weighted by Gasteiger charge is 2.35. The lowest BCUT2D eigenvalue weighted by Gasteiger charge is -2.25. The van der Waals surface area contributed by atoms with Gasteiger partial charge < -0.3 is 9.47 Å². The number of esters is 1. The molecule has 2 heterocycles. The smallest absolute Gasteiger partial charge is 0.338 e. The van der Waals surface area contributed by atoms with Crippen molar-refractivity contribution in [2.45, 2.75) is 32.9 Å². The number of nitrogens with zero attached hydrogens (tertiary/aromatic N) is 2. The number of fused-ring (bicyclic) bond motifs is 1. The number of ether oxygens (including phenoxy) is 2. The molecule has 210 valence electrons. The molecule has 3 aromatic carbocycles. The van der Waals surface area contributed by atoms with Crippen molar-refractivity contribution in [2.24, 2.45) is 4.99 Å². The van der Waals surface area contributed by atoms with Crippen LogP contribution >= 0.6 is 56.5 Å². The standard InChI is InChI=1S/C31H25FI2N2O4S/c1-4-39-30(38)25-26(19-8-6-5-7-9-19)35-31-36(27(25)20-10-12-21(32)13-11-20)29(37)24(41-31)16-18-14-22(33)28(23(34)15-18)40-17(2)3/h5-17,27H,4H2,1-3H3/b24-16-/t27-/m0/s1. The highest BCUT2D eigenvalue weighted by molar-refractivity contribution is 14.1. The predicted molar refractivity (Wildman–Crippen MR) is 175 cm³/mol. The van der Waals surface area contributed by atoms with Crippen LogP contribution in [0.25, 0.3) is 11.8 Å². The number of benzene rings is 3. The van der Waals surface area contributed by atoms with E-state index in [1.807, 2.05) is 62.4 Å². The molecule has 5 rings (SSSR count). The summed E-state index contributed by atoms with van der Waals surface area (Å²) in [6, 6.07) is 18.2. The molecule has 10 heteroatoms. The van der Waals surface area contributed by atoms with E-state index in [-0.39, 0.29) is 23.8 Å². The van der Waals surface area contributed by atoms with Crippen LogP contribution in [-0.2, 0) is 9.53 Å². The zero-order valence-electron chi connectivity index (χ0n) is 22.4. The van der Waals surface area contributed by atoms with Gasteiger partial charge >= 0.3 is 5.97 Å². The van der Waals surface area contributed by atoms with Gasteiger partial charge in [-0.1, -0.05) is 53.8 Å². The van der Waals surface area contributed by atoms with E-state index in [1.165, 1.54) is 28.0 Å². The Morgan fingerprint density at radius 1 is 1.10 bits per heavy atom. The summed E-state index contributed by atoms with van der Waals surface area (Å²) in [7, 11) is 0. The second-order valence-electron chi connectivity index (χ2n) is 9.46. The summed E-state index contributed by atoms with van der Waals surface area (Å²) in [5, 5.41) is 0. The molecular weight excluding hydrogens is 769 g/mol. The summed E-state index contributed by atoms with van der Waals surface area (Å²) in [6.07, 6.45) is 1.86. The number of carbonyl (C=O) groups excluding carboxylic acids is 1. The molecule has 0 fully saturated rings. The molecule has 1 aliphatic rings. The molecule has 0 N–H and O–H groups in total. The summed E-state index contributed by atoms with van der Waals surface area (Å²) >= 11 is 5.71. The molecule has 0 aliphatic carbocycles. The summed E-state index contributed by atoms with van der Waals surface area (Å²) in [6.45, 7) is 5.83. The first-order valence-corrected chi connectivity index (χ1v) is 15.8. The Bertz CT molecular complexity index is 1810. The lowest BCUT2D eigenvalue weighted by atomic mass is 9.93. The molecule has 41 heavy (non-hydrogen) atoms. The summed E-state index contributed by atoms with van der Waals surface area (Å²) in [4.78, 5) is 32.8. The van der Waals surface area contributed by atoms with E-state index in [0.717, 1.165) is 18.5 Å². The van der Waals surface area contributed by atoms with E-state index >= 15 is 0 Å². The van der Waals surface area contributed by atoms with Gasteiger partial charge in [0.25, 0.3) is 5.56 Å². The van der Waals surface area contributed by atoms with Crippen LogP contribution in [0.3, 0.4) is 0 Å². The monoisotopic (exact) mass is 794 g/mol. The molecule has 0 saturated heterocycles. The Morgan fingerprint density at radius 2 is 1.76 bits per heavy atom. The van der Waals surface area contributed by atoms with E-state index in [4.69, 9.17) is 14.5 Å². The molecule has 1 aromatic heterocycles. The fourth-order valence-electron chi connectivity index (χ4n) is 4.56. The molecule has 6 nitrogen and oxygen atoms in total. The Labute approximate surface area is 267 Å². The zero-order chi connectivity index (χ0) is 29.3. The van der Waals surface area contributed by atoms with Gasteiger partial charge in [-0.3, -0.25) is 9.36 Å². The van der Waals surface area contributed by atoms with E-state index in [0.29, 0.717) is 26.2 Å². The van der Waals surface area contributed by atoms with E-state index < -0.39 is 17.8 Å². The van der Waals surface area contributed by atoms with Gasteiger partial charge in [0.05, 0.1) is 41.7 Å². The van der Waals surface area contributed by atoms with Gasteiger partial charge in [-0.2, -0.15) is 0 Å². The van der Waals surface area contributed by atoms with E-state index in [9.17, 15) is 14.0 Å². The maximum Gasteiger partial charge on any atom is 0.338 e. The Kier molecular flexibility index (Phi) is 9.09. The summed E-state index contributed by atoms with van der Waals surface area (Å²) in [5.41, 5.74) is 2.47. The van der Waals surface area contributed by atoms with Crippen LogP contribution in [0.1, 0.15) is 43.5 Å². The number of thiazole rings is 1. The minimum Gasteiger partial charge on any atom is -0.489 e. The average Bonchev–Trinajstić information content (AvgIpc) is 3.25. The van der Waals surface area contributed by atoms with Crippen LogP contribution in [0.15, 0.2) is 82.1 Å². The first kappa shape index (κ1) is 29.6. The van der Waals surface area contributed by atoms with Crippen molar-refractivity contribution >= 4 is 74.3 Å². The van der Waals surface area contributed by atoms with Gasteiger partial charge in [-0.05, 0) is 107 Å². The third kappa shape index (κ3) is 6.19. The van der Waals surface area contributed by atoms with Crippen LogP contribution < -0.4 is 19.6 Å². The van der Waals surface area contributed by atoms with Crippen molar-refractivity contribution in [3.63, 3.8) is 0 Å². The van der Waals surface area contributed by atoms with Crippen LogP contribution in [0.5, 0.6) is 5.75 Å². The molecule has 1 atom stereocenters. The normalized spacial score (nSPS) is 15.1. The SMILES string of the molecule is CCOC(=O)C1=C(c2ccccc2)N=c2s/c(=C\c3cc(I)c(OC(C)C)c(I)c3)c(=O)n2[C@H]1c1ccc(F)cc1. The van der Waals surface area contributed by atoms with Crippen molar-refractivity contribution in [1.82, 2.24) is 4.57 Å². The van der Waals surface area contributed by atoms with Gasteiger partial charge in [-0.15, -0.1) is 0 Å². The highest BCUT2D eigenvalue weighted by atomic mass is 127. The number of carbonyl (C=O) groups is 1. The number of hydrogen-bond donors (Lipinski definition) is 0. The number of halogens is 3. The van der Waals surface area contributed by atoms with Crippen molar-refractivity contribution in [3.8, 4) is 5.75 Å². The van der Waals surface area contributed by atoms with Gasteiger partial charge in [-0.25, -0.2) is 14.2 Å². The molecule has 0 saturated carbocycles. The van der Waals surface area contributed by atoms with Gasteiger partial charge in [0, 0.05) is 5.56 Å². The van der Waals surface area contributed by atoms with E-state index in [1.54, 1.807) is 19.1 Å². The van der Waals surface area contributed by atoms with Crippen LogP contribution in [0.4, 0.5) is 4.39 Å².